The Hall–Kier alpha value is -0.770. The molecule has 0 aliphatic carbocycles. The third-order valence-corrected chi connectivity index (χ3v) is 4.10. The number of hydrogen-bond donors (Lipinski definition) is 1. The van der Waals surface area contributed by atoms with Crippen molar-refractivity contribution < 1.29 is 4.74 Å². The van der Waals surface area contributed by atoms with Gasteiger partial charge in [-0.3, -0.25) is 0 Å². The Morgan fingerprint density at radius 3 is 3.00 bits per heavy atom. The largest absolute Gasteiger partial charge is 0.383 e. The SMILES string of the molecule is COCCNCc1c(Cl)cccc1N1CCCC1C. The van der Waals surface area contributed by atoms with Crippen LogP contribution in [0.15, 0.2) is 18.2 Å². The van der Waals surface area contributed by atoms with Crippen LogP contribution in [0.1, 0.15) is 25.3 Å². The van der Waals surface area contributed by atoms with Gasteiger partial charge in [0, 0.05) is 49.1 Å². The summed E-state index contributed by atoms with van der Waals surface area (Å²) in [6, 6.07) is 6.80. The molecule has 1 unspecified atom stereocenters. The van der Waals surface area contributed by atoms with E-state index in [0.717, 1.165) is 31.3 Å². The molecule has 1 atom stereocenters. The van der Waals surface area contributed by atoms with E-state index in [4.69, 9.17) is 16.3 Å². The van der Waals surface area contributed by atoms with Crippen molar-refractivity contribution in [2.45, 2.75) is 32.4 Å². The lowest BCUT2D eigenvalue weighted by Gasteiger charge is -2.27. The fourth-order valence-corrected chi connectivity index (χ4v) is 2.91. The normalized spacial score (nSPS) is 19.1. The Labute approximate surface area is 120 Å². The van der Waals surface area contributed by atoms with Crippen molar-refractivity contribution in [2.75, 3.05) is 31.7 Å². The van der Waals surface area contributed by atoms with Crippen LogP contribution in [0, 0.1) is 0 Å². The average Bonchev–Trinajstić information content (AvgIpc) is 2.82. The van der Waals surface area contributed by atoms with Gasteiger partial charge in [-0.25, -0.2) is 0 Å². The standard InChI is InChI=1S/C15H23ClN2O/c1-12-5-4-9-18(12)15-7-3-6-14(16)13(15)11-17-8-10-19-2/h3,6-7,12,17H,4-5,8-11H2,1-2H3. The average molecular weight is 283 g/mol. The van der Waals surface area contributed by atoms with Crippen LogP contribution in [0.2, 0.25) is 5.02 Å². The molecule has 1 aliphatic heterocycles. The first-order valence-corrected chi connectivity index (χ1v) is 7.35. The van der Waals surface area contributed by atoms with Crippen LogP contribution in [0.5, 0.6) is 0 Å². The molecule has 1 heterocycles. The number of methoxy groups -OCH3 is 1. The maximum absolute atomic E-state index is 6.37. The highest BCUT2D eigenvalue weighted by atomic mass is 35.5. The number of anilines is 1. The minimum absolute atomic E-state index is 0.608. The van der Waals surface area contributed by atoms with Crippen molar-refractivity contribution in [3.8, 4) is 0 Å². The first-order chi connectivity index (χ1) is 9.24. The van der Waals surface area contributed by atoms with Gasteiger partial charge in [-0.2, -0.15) is 0 Å². The molecule has 3 nitrogen and oxygen atoms in total. The minimum atomic E-state index is 0.608. The molecule has 4 heteroatoms. The number of rotatable bonds is 6. The molecule has 1 aliphatic rings. The van der Waals surface area contributed by atoms with E-state index in [0.29, 0.717) is 6.04 Å². The molecule has 1 saturated heterocycles. The van der Waals surface area contributed by atoms with E-state index in [-0.39, 0.29) is 0 Å². The molecule has 1 N–H and O–H groups in total. The molecule has 1 fully saturated rings. The van der Waals surface area contributed by atoms with Crippen molar-refractivity contribution >= 4 is 17.3 Å². The fraction of sp³-hybridized carbons (Fsp3) is 0.600. The number of ether oxygens (including phenoxy) is 1. The number of halogens is 1. The molecule has 0 saturated carbocycles. The first kappa shape index (κ1) is 14.6. The summed E-state index contributed by atoms with van der Waals surface area (Å²) in [4.78, 5) is 2.47. The molecule has 0 radical (unpaired) electrons. The molecule has 1 aromatic carbocycles. The number of benzene rings is 1. The topological polar surface area (TPSA) is 24.5 Å². The van der Waals surface area contributed by atoms with Crippen LogP contribution >= 0.6 is 11.6 Å². The Bertz CT molecular complexity index is 411. The van der Waals surface area contributed by atoms with Crippen molar-refractivity contribution in [3.05, 3.63) is 28.8 Å². The quantitative estimate of drug-likeness (QED) is 0.812. The molecule has 1 aromatic rings. The van der Waals surface area contributed by atoms with E-state index in [1.165, 1.54) is 24.1 Å². The second kappa shape index (κ2) is 7.13. The van der Waals surface area contributed by atoms with Gasteiger partial charge in [0.15, 0.2) is 0 Å². The van der Waals surface area contributed by atoms with Gasteiger partial charge in [-0.1, -0.05) is 17.7 Å². The lowest BCUT2D eigenvalue weighted by molar-refractivity contribution is 0.199. The summed E-state index contributed by atoms with van der Waals surface area (Å²) < 4.78 is 5.05. The summed E-state index contributed by atoms with van der Waals surface area (Å²) in [6.07, 6.45) is 2.53. The van der Waals surface area contributed by atoms with Gasteiger partial charge in [0.25, 0.3) is 0 Å². The van der Waals surface area contributed by atoms with Crippen LogP contribution in [0.25, 0.3) is 0 Å². The third kappa shape index (κ3) is 3.62. The van der Waals surface area contributed by atoms with Crippen molar-refractivity contribution in [1.82, 2.24) is 5.32 Å². The maximum atomic E-state index is 6.37. The Kier molecular flexibility index (Phi) is 5.49. The summed E-state index contributed by atoms with van der Waals surface area (Å²) in [5, 5.41) is 4.23. The molecule has 19 heavy (non-hydrogen) atoms. The molecule has 0 spiro atoms. The van der Waals surface area contributed by atoms with Crippen molar-refractivity contribution in [1.29, 1.82) is 0 Å². The predicted molar refractivity (Wildman–Crippen MR) is 81.1 cm³/mol. The molecular formula is C15H23ClN2O. The highest BCUT2D eigenvalue weighted by Crippen LogP contribution is 2.32. The zero-order chi connectivity index (χ0) is 13.7. The molecule has 0 aromatic heterocycles. The zero-order valence-electron chi connectivity index (χ0n) is 11.8. The number of hydrogen-bond acceptors (Lipinski definition) is 3. The monoisotopic (exact) mass is 282 g/mol. The summed E-state index contributed by atoms with van der Waals surface area (Å²) in [7, 11) is 1.72. The third-order valence-electron chi connectivity index (χ3n) is 3.74. The van der Waals surface area contributed by atoms with Crippen LogP contribution in [-0.4, -0.2) is 32.8 Å². The van der Waals surface area contributed by atoms with Crippen molar-refractivity contribution in [3.63, 3.8) is 0 Å². The van der Waals surface area contributed by atoms with Gasteiger partial charge in [0.2, 0.25) is 0 Å². The van der Waals surface area contributed by atoms with E-state index >= 15 is 0 Å². The minimum Gasteiger partial charge on any atom is -0.383 e. The summed E-state index contributed by atoms with van der Waals surface area (Å²) in [5.41, 5.74) is 2.48. The highest BCUT2D eigenvalue weighted by molar-refractivity contribution is 6.31. The summed E-state index contributed by atoms with van der Waals surface area (Å²) in [6.45, 7) is 5.78. The number of nitrogens with one attached hydrogen (secondary N) is 1. The first-order valence-electron chi connectivity index (χ1n) is 6.97. The summed E-state index contributed by atoms with van der Waals surface area (Å²) >= 11 is 6.37. The molecule has 106 valence electrons. The molecular weight excluding hydrogens is 260 g/mol. The maximum Gasteiger partial charge on any atom is 0.0587 e. The smallest absolute Gasteiger partial charge is 0.0587 e. The Morgan fingerprint density at radius 2 is 2.32 bits per heavy atom. The van der Waals surface area contributed by atoms with Crippen molar-refractivity contribution in [2.24, 2.45) is 0 Å². The van der Waals surface area contributed by atoms with Crippen LogP contribution in [0.3, 0.4) is 0 Å². The lowest BCUT2D eigenvalue weighted by atomic mass is 10.1. The summed E-state index contributed by atoms with van der Waals surface area (Å²) in [5.74, 6) is 0. The zero-order valence-corrected chi connectivity index (χ0v) is 12.5. The van der Waals surface area contributed by atoms with E-state index in [1.807, 2.05) is 12.1 Å². The van der Waals surface area contributed by atoms with E-state index < -0.39 is 0 Å². The van der Waals surface area contributed by atoms with E-state index in [2.05, 4.69) is 23.2 Å². The lowest BCUT2D eigenvalue weighted by Crippen LogP contribution is -2.28. The predicted octanol–water partition coefficient (Wildman–Crippen LogP) is 3.06. The Morgan fingerprint density at radius 1 is 1.47 bits per heavy atom. The van der Waals surface area contributed by atoms with Gasteiger partial charge in [0.05, 0.1) is 6.61 Å². The molecule has 0 bridgehead atoms. The molecule has 2 rings (SSSR count). The van der Waals surface area contributed by atoms with E-state index in [1.54, 1.807) is 7.11 Å². The fourth-order valence-electron chi connectivity index (χ4n) is 2.67. The Balaban J connectivity index is 2.11. The highest BCUT2D eigenvalue weighted by Gasteiger charge is 2.23. The van der Waals surface area contributed by atoms with Crippen LogP contribution in [0.4, 0.5) is 5.69 Å². The van der Waals surface area contributed by atoms with Gasteiger partial charge < -0.3 is 15.0 Å². The second-order valence-electron chi connectivity index (χ2n) is 5.09. The van der Waals surface area contributed by atoms with Crippen LogP contribution in [-0.2, 0) is 11.3 Å². The van der Waals surface area contributed by atoms with Gasteiger partial charge in [0.1, 0.15) is 0 Å². The van der Waals surface area contributed by atoms with Gasteiger partial charge >= 0.3 is 0 Å². The molecule has 0 amide bonds. The van der Waals surface area contributed by atoms with Crippen LogP contribution < -0.4 is 10.2 Å². The second-order valence-corrected chi connectivity index (χ2v) is 5.50. The van der Waals surface area contributed by atoms with Gasteiger partial charge in [-0.05, 0) is 31.9 Å². The van der Waals surface area contributed by atoms with Gasteiger partial charge in [-0.15, -0.1) is 0 Å². The van der Waals surface area contributed by atoms with E-state index in [9.17, 15) is 0 Å². The number of nitrogens with zero attached hydrogens (tertiary/aromatic N) is 1.